The largest absolute Gasteiger partial charge is 0.341 e. The second-order valence-corrected chi connectivity index (χ2v) is 10.4. The summed E-state index contributed by atoms with van der Waals surface area (Å²) in [5.74, 6) is -0.273. The molecule has 0 radical (unpaired) electrons. The van der Waals surface area contributed by atoms with Gasteiger partial charge in [-0.15, -0.1) is 0 Å². The monoisotopic (exact) mass is 463 g/mol. The normalized spacial score (nSPS) is 15.8. The molecule has 0 bridgehead atoms. The number of carbonyl (C=O) groups excluding carboxylic acids is 1. The van der Waals surface area contributed by atoms with E-state index < -0.39 is 10.0 Å². The van der Waals surface area contributed by atoms with E-state index in [1.54, 1.807) is 31.6 Å². The molecule has 33 heavy (non-hydrogen) atoms. The molecule has 7 heteroatoms. The number of hydrogen-bond acceptors (Lipinski definition) is 4. The molecule has 1 atom stereocenters. The summed E-state index contributed by atoms with van der Waals surface area (Å²) in [4.78, 5) is 17.3. The number of aromatic nitrogens is 1. The lowest BCUT2D eigenvalue weighted by atomic mass is 9.96. The van der Waals surface area contributed by atoms with Crippen LogP contribution in [0.4, 0.5) is 0 Å². The highest BCUT2D eigenvalue weighted by molar-refractivity contribution is 7.89. The van der Waals surface area contributed by atoms with Crippen LogP contribution in [0, 0.1) is 0 Å². The van der Waals surface area contributed by atoms with Gasteiger partial charge in [0.25, 0.3) is 5.91 Å². The van der Waals surface area contributed by atoms with Crippen LogP contribution in [0.15, 0.2) is 84.0 Å². The molecule has 1 heterocycles. The minimum Gasteiger partial charge on any atom is -0.341 e. The van der Waals surface area contributed by atoms with Gasteiger partial charge in [0.05, 0.1) is 10.9 Å². The summed E-state index contributed by atoms with van der Waals surface area (Å²) in [6, 6.07) is 19.3. The maximum Gasteiger partial charge on any atom is 0.252 e. The van der Waals surface area contributed by atoms with Gasteiger partial charge in [-0.3, -0.25) is 9.78 Å². The molecule has 1 amide bonds. The van der Waals surface area contributed by atoms with Crippen molar-refractivity contribution in [2.75, 3.05) is 7.05 Å². The van der Waals surface area contributed by atoms with Crippen LogP contribution in [0.1, 0.15) is 59.6 Å². The molecule has 4 rings (SSSR count). The second kappa shape index (κ2) is 10.3. The van der Waals surface area contributed by atoms with Crippen molar-refractivity contribution in [2.24, 2.45) is 0 Å². The van der Waals surface area contributed by atoms with Crippen LogP contribution in [0.2, 0.25) is 0 Å². The Morgan fingerprint density at radius 3 is 2.15 bits per heavy atom. The van der Waals surface area contributed by atoms with Gasteiger partial charge in [0, 0.05) is 31.0 Å². The first kappa shape index (κ1) is 23.1. The molecular weight excluding hydrogens is 434 g/mol. The Hall–Kier alpha value is -3.03. The van der Waals surface area contributed by atoms with Gasteiger partial charge in [-0.2, -0.15) is 4.31 Å². The Kier molecular flexibility index (Phi) is 7.20. The van der Waals surface area contributed by atoms with Crippen molar-refractivity contribution in [3.8, 4) is 0 Å². The molecule has 3 aromatic rings. The predicted molar refractivity (Wildman–Crippen MR) is 128 cm³/mol. The highest BCUT2D eigenvalue weighted by atomic mass is 32.2. The van der Waals surface area contributed by atoms with E-state index >= 15 is 0 Å². The lowest BCUT2D eigenvalue weighted by molar-refractivity contribution is 0.0943. The Balaban J connectivity index is 1.52. The number of nitrogens with zero attached hydrogens (tertiary/aromatic N) is 2. The van der Waals surface area contributed by atoms with Gasteiger partial charge >= 0.3 is 0 Å². The average Bonchev–Trinajstić information content (AvgIpc) is 2.88. The third-order valence-electron chi connectivity index (χ3n) is 6.33. The predicted octanol–water partition coefficient (Wildman–Crippen LogP) is 4.55. The quantitative estimate of drug-likeness (QED) is 0.557. The van der Waals surface area contributed by atoms with Crippen LogP contribution in [0.25, 0.3) is 0 Å². The van der Waals surface area contributed by atoms with Crippen LogP contribution in [-0.2, 0) is 10.0 Å². The fourth-order valence-corrected chi connectivity index (χ4v) is 5.78. The summed E-state index contributed by atoms with van der Waals surface area (Å²) >= 11 is 0. The van der Waals surface area contributed by atoms with Crippen LogP contribution in [0.5, 0.6) is 0 Å². The molecule has 1 aliphatic carbocycles. The molecule has 172 valence electrons. The first-order valence-corrected chi connectivity index (χ1v) is 12.7. The molecule has 1 fully saturated rings. The van der Waals surface area contributed by atoms with Crippen LogP contribution in [0.3, 0.4) is 0 Å². The van der Waals surface area contributed by atoms with Crippen LogP contribution >= 0.6 is 0 Å². The molecule has 1 N–H and O–H groups in total. The molecule has 1 aromatic heterocycles. The number of amides is 1. The van der Waals surface area contributed by atoms with E-state index in [0.717, 1.165) is 43.2 Å². The summed E-state index contributed by atoms with van der Waals surface area (Å²) in [7, 11) is -1.94. The Bertz CT molecular complexity index is 1120. The van der Waals surface area contributed by atoms with E-state index in [1.807, 2.05) is 42.5 Å². The van der Waals surface area contributed by atoms with Gasteiger partial charge in [0.15, 0.2) is 0 Å². The Morgan fingerprint density at radius 1 is 0.909 bits per heavy atom. The van der Waals surface area contributed by atoms with Crippen LogP contribution < -0.4 is 5.32 Å². The SMILES string of the molecule is CN(C1CCCCC1)S(=O)(=O)c1ccc(C(=O)NC(c2ccccc2)c2ccncc2)cc1. The van der Waals surface area contributed by atoms with E-state index in [2.05, 4.69) is 10.3 Å². The third kappa shape index (κ3) is 5.31. The van der Waals surface area contributed by atoms with Gasteiger partial charge in [0.2, 0.25) is 10.0 Å². The summed E-state index contributed by atoms with van der Waals surface area (Å²) in [5.41, 5.74) is 2.27. The summed E-state index contributed by atoms with van der Waals surface area (Å²) in [6.07, 6.45) is 8.46. The lowest BCUT2D eigenvalue weighted by Gasteiger charge is -2.30. The fourth-order valence-electron chi connectivity index (χ4n) is 4.36. The average molecular weight is 464 g/mol. The second-order valence-electron chi connectivity index (χ2n) is 8.44. The molecule has 1 unspecified atom stereocenters. The van der Waals surface area contributed by atoms with Gasteiger partial charge < -0.3 is 5.32 Å². The van der Waals surface area contributed by atoms with Gasteiger partial charge in [-0.05, 0) is 60.4 Å². The standard InChI is InChI=1S/C26H29N3O3S/c1-29(23-10-6-3-7-11-23)33(31,32)24-14-12-22(13-15-24)26(30)28-25(20-8-4-2-5-9-20)21-16-18-27-19-17-21/h2,4-5,8-9,12-19,23,25H,3,6-7,10-11H2,1H3,(H,28,30). The Labute approximate surface area is 195 Å². The maximum atomic E-state index is 13.1. The molecular formula is C26H29N3O3S. The zero-order chi connectivity index (χ0) is 23.3. The van der Waals surface area contributed by atoms with Crippen molar-refractivity contribution in [3.63, 3.8) is 0 Å². The van der Waals surface area contributed by atoms with E-state index in [1.165, 1.54) is 16.4 Å². The van der Waals surface area contributed by atoms with E-state index in [9.17, 15) is 13.2 Å². The number of benzene rings is 2. The van der Waals surface area contributed by atoms with Crippen molar-refractivity contribution in [3.05, 3.63) is 95.8 Å². The fraction of sp³-hybridized carbons (Fsp3) is 0.308. The molecule has 0 aliphatic heterocycles. The van der Waals surface area contributed by atoms with Gasteiger partial charge in [0.1, 0.15) is 0 Å². The number of carbonyl (C=O) groups is 1. The highest BCUT2D eigenvalue weighted by Gasteiger charge is 2.29. The van der Waals surface area contributed by atoms with Crippen molar-refractivity contribution in [1.82, 2.24) is 14.6 Å². The van der Waals surface area contributed by atoms with Gasteiger partial charge in [-0.25, -0.2) is 8.42 Å². The number of nitrogens with one attached hydrogen (secondary N) is 1. The Morgan fingerprint density at radius 2 is 1.52 bits per heavy atom. The summed E-state index contributed by atoms with van der Waals surface area (Å²) in [6.45, 7) is 0. The lowest BCUT2D eigenvalue weighted by Crippen LogP contribution is -2.38. The third-order valence-corrected chi connectivity index (χ3v) is 8.25. The molecule has 0 saturated heterocycles. The minimum absolute atomic E-state index is 0.0405. The van der Waals surface area contributed by atoms with E-state index in [4.69, 9.17) is 0 Å². The zero-order valence-electron chi connectivity index (χ0n) is 18.7. The van der Waals surface area contributed by atoms with Gasteiger partial charge in [-0.1, -0.05) is 49.6 Å². The van der Waals surface area contributed by atoms with Crippen molar-refractivity contribution in [1.29, 1.82) is 0 Å². The minimum atomic E-state index is -3.60. The summed E-state index contributed by atoms with van der Waals surface area (Å²) in [5, 5.41) is 3.07. The maximum absolute atomic E-state index is 13.1. The van der Waals surface area contributed by atoms with E-state index in [-0.39, 0.29) is 22.9 Å². The highest BCUT2D eigenvalue weighted by Crippen LogP contribution is 2.27. The van der Waals surface area contributed by atoms with E-state index in [0.29, 0.717) is 5.56 Å². The van der Waals surface area contributed by atoms with Crippen molar-refractivity contribution >= 4 is 15.9 Å². The smallest absolute Gasteiger partial charge is 0.252 e. The summed E-state index contributed by atoms with van der Waals surface area (Å²) < 4.78 is 27.7. The van der Waals surface area contributed by atoms with Crippen molar-refractivity contribution < 1.29 is 13.2 Å². The number of pyridine rings is 1. The molecule has 6 nitrogen and oxygen atoms in total. The first-order valence-electron chi connectivity index (χ1n) is 11.3. The topological polar surface area (TPSA) is 79.4 Å². The molecule has 2 aromatic carbocycles. The number of hydrogen-bond donors (Lipinski definition) is 1. The van der Waals surface area contributed by atoms with Crippen molar-refractivity contribution in [2.45, 2.75) is 49.1 Å². The van der Waals surface area contributed by atoms with Crippen LogP contribution in [-0.4, -0.2) is 36.7 Å². The molecule has 0 spiro atoms. The molecule has 1 saturated carbocycles. The first-order chi connectivity index (χ1) is 16.0. The number of rotatable bonds is 7. The zero-order valence-corrected chi connectivity index (χ0v) is 19.5. The molecule has 1 aliphatic rings. The number of sulfonamides is 1.